The fourth-order valence-electron chi connectivity index (χ4n) is 2.39. The second-order valence-electron chi connectivity index (χ2n) is 5.49. The molecule has 0 bridgehead atoms. The normalized spacial score (nSPS) is 10.5. The molecule has 2 aromatic heterocycles. The second kappa shape index (κ2) is 6.49. The molecule has 0 atom stereocenters. The van der Waals surface area contributed by atoms with E-state index in [1.807, 2.05) is 56.3 Å². The Bertz CT molecular complexity index is 857. The van der Waals surface area contributed by atoms with Crippen molar-refractivity contribution >= 4 is 17.4 Å². The van der Waals surface area contributed by atoms with Crippen molar-refractivity contribution in [3.8, 4) is 5.69 Å². The summed E-state index contributed by atoms with van der Waals surface area (Å²) >= 11 is 0. The van der Waals surface area contributed by atoms with Crippen LogP contribution in [0.5, 0.6) is 0 Å². The van der Waals surface area contributed by atoms with Gasteiger partial charge in [0.2, 0.25) is 0 Å². The van der Waals surface area contributed by atoms with Gasteiger partial charge < -0.3 is 10.2 Å². The average molecular weight is 322 g/mol. The molecule has 0 saturated heterocycles. The molecule has 7 nitrogen and oxygen atoms in total. The van der Waals surface area contributed by atoms with E-state index in [1.54, 1.807) is 23.0 Å². The molecular weight excluding hydrogens is 304 g/mol. The molecule has 0 radical (unpaired) electrons. The molecule has 2 heterocycles. The number of pyridine rings is 1. The van der Waals surface area contributed by atoms with E-state index in [9.17, 15) is 4.79 Å². The van der Waals surface area contributed by atoms with Crippen molar-refractivity contribution < 1.29 is 4.79 Å². The van der Waals surface area contributed by atoms with Gasteiger partial charge >= 0.3 is 0 Å². The van der Waals surface area contributed by atoms with Gasteiger partial charge in [-0.25, -0.2) is 9.67 Å². The van der Waals surface area contributed by atoms with E-state index in [2.05, 4.69) is 20.6 Å². The zero-order valence-corrected chi connectivity index (χ0v) is 13.8. The first-order chi connectivity index (χ1) is 11.6. The number of carbonyl (C=O) groups is 1. The van der Waals surface area contributed by atoms with Crippen molar-refractivity contribution in [2.75, 3.05) is 24.3 Å². The Labute approximate surface area is 139 Å². The van der Waals surface area contributed by atoms with Gasteiger partial charge in [-0.15, -0.1) is 5.10 Å². The molecule has 0 unspecified atom stereocenters. The predicted molar refractivity (Wildman–Crippen MR) is 92.6 cm³/mol. The summed E-state index contributed by atoms with van der Waals surface area (Å²) in [6.45, 7) is 1.82. The Morgan fingerprint density at radius 3 is 2.58 bits per heavy atom. The van der Waals surface area contributed by atoms with Gasteiger partial charge in [0.25, 0.3) is 5.91 Å². The highest BCUT2D eigenvalue weighted by atomic mass is 16.2. The van der Waals surface area contributed by atoms with E-state index < -0.39 is 0 Å². The molecule has 3 rings (SSSR count). The van der Waals surface area contributed by atoms with Gasteiger partial charge in [-0.2, -0.15) is 0 Å². The van der Waals surface area contributed by atoms with Gasteiger partial charge in [0.05, 0.1) is 17.1 Å². The smallest absolute Gasteiger partial charge is 0.278 e. The van der Waals surface area contributed by atoms with E-state index in [1.165, 1.54) is 0 Å². The number of para-hydroxylation sites is 1. The predicted octanol–water partition coefficient (Wildman–Crippen LogP) is 2.29. The zero-order chi connectivity index (χ0) is 17.1. The van der Waals surface area contributed by atoms with Crippen LogP contribution in [-0.2, 0) is 0 Å². The summed E-state index contributed by atoms with van der Waals surface area (Å²) in [6.07, 6.45) is 1.68. The van der Waals surface area contributed by atoms with Crippen LogP contribution >= 0.6 is 0 Å². The number of nitrogens with zero attached hydrogens (tertiary/aromatic N) is 5. The Morgan fingerprint density at radius 1 is 1.12 bits per heavy atom. The summed E-state index contributed by atoms with van der Waals surface area (Å²) in [6, 6.07) is 13.1. The van der Waals surface area contributed by atoms with Gasteiger partial charge in [0.15, 0.2) is 11.5 Å². The lowest BCUT2D eigenvalue weighted by molar-refractivity contribution is 0.102. The van der Waals surface area contributed by atoms with Crippen molar-refractivity contribution in [2.24, 2.45) is 0 Å². The number of benzene rings is 1. The largest absolute Gasteiger partial charge is 0.361 e. The van der Waals surface area contributed by atoms with Gasteiger partial charge in [-0.05, 0) is 31.2 Å². The minimum absolute atomic E-state index is 0.285. The fourth-order valence-corrected chi connectivity index (χ4v) is 2.39. The van der Waals surface area contributed by atoms with E-state index in [4.69, 9.17) is 0 Å². The number of carbonyl (C=O) groups excluding carboxylic acids is 1. The second-order valence-corrected chi connectivity index (χ2v) is 5.49. The molecule has 0 aliphatic carbocycles. The SMILES string of the molecule is Cc1c(C(=O)Nc2cccnc2N(C)C)nnn1-c1ccccc1. The molecule has 1 N–H and O–H groups in total. The van der Waals surface area contributed by atoms with Crippen LogP contribution in [-0.4, -0.2) is 40.0 Å². The summed E-state index contributed by atoms with van der Waals surface area (Å²) in [5, 5.41) is 11.0. The monoisotopic (exact) mass is 322 g/mol. The van der Waals surface area contributed by atoms with Crippen LogP contribution in [0.3, 0.4) is 0 Å². The maximum atomic E-state index is 12.6. The first kappa shape index (κ1) is 15.7. The zero-order valence-electron chi connectivity index (χ0n) is 13.8. The molecule has 7 heteroatoms. The highest BCUT2D eigenvalue weighted by Crippen LogP contribution is 2.21. The lowest BCUT2D eigenvalue weighted by Gasteiger charge is -2.15. The van der Waals surface area contributed by atoms with Crippen LogP contribution in [0, 0.1) is 6.92 Å². The quantitative estimate of drug-likeness (QED) is 0.797. The van der Waals surface area contributed by atoms with E-state index >= 15 is 0 Å². The van der Waals surface area contributed by atoms with Crippen molar-refractivity contribution in [1.29, 1.82) is 0 Å². The molecule has 24 heavy (non-hydrogen) atoms. The van der Waals surface area contributed by atoms with Gasteiger partial charge in [0.1, 0.15) is 0 Å². The Balaban J connectivity index is 1.89. The Morgan fingerprint density at radius 2 is 1.88 bits per heavy atom. The van der Waals surface area contributed by atoms with Crippen LogP contribution in [0.2, 0.25) is 0 Å². The molecular formula is C17H18N6O. The topological polar surface area (TPSA) is 75.9 Å². The maximum absolute atomic E-state index is 12.6. The number of aromatic nitrogens is 4. The average Bonchev–Trinajstić information content (AvgIpc) is 2.97. The molecule has 1 amide bonds. The van der Waals surface area contributed by atoms with E-state index in [0.717, 1.165) is 5.69 Å². The molecule has 122 valence electrons. The number of anilines is 2. The minimum atomic E-state index is -0.314. The number of amides is 1. The van der Waals surface area contributed by atoms with Crippen LogP contribution in [0.25, 0.3) is 5.69 Å². The lowest BCUT2D eigenvalue weighted by Crippen LogP contribution is -2.18. The maximum Gasteiger partial charge on any atom is 0.278 e. The molecule has 0 aliphatic rings. The third kappa shape index (κ3) is 2.96. The molecule has 0 aliphatic heterocycles. The molecule has 0 spiro atoms. The van der Waals surface area contributed by atoms with Crippen LogP contribution in [0.4, 0.5) is 11.5 Å². The van der Waals surface area contributed by atoms with Crippen molar-refractivity contribution in [2.45, 2.75) is 6.92 Å². The number of hydrogen-bond acceptors (Lipinski definition) is 5. The van der Waals surface area contributed by atoms with Gasteiger partial charge in [0, 0.05) is 20.3 Å². The van der Waals surface area contributed by atoms with Gasteiger partial charge in [-0.3, -0.25) is 4.79 Å². The fraction of sp³-hybridized carbons (Fsp3) is 0.176. The van der Waals surface area contributed by atoms with Crippen molar-refractivity contribution in [1.82, 2.24) is 20.0 Å². The first-order valence-electron chi connectivity index (χ1n) is 7.49. The Kier molecular flexibility index (Phi) is 4.24. The molecule has 1 aromatic carbocycles. The summed E-state index contributed by atoms with van der Waals surface area (Å²) in [4.78, 5) is 18.7. The van der Waals surface area contributed by atoms with Crippen LogP contribution in [0.1, 0.15) is 16.2 Å². The summed E-state index contributed by atoms with van der Waals surface area (Å²) in [5.41, 5.74) is 2.44. The summed E-state index contributed by atoms with van der Waals surface area (Å²) in [7, 11) is 3.74. The number of nitrogens with one attached hydrogen (secondary N) is 1. The summed E-state index contributed by atoms with van der Waals surface area (Å²) in [5.74, 6) is 0.365. The van der Waals surface area contributed by atoms with Crippen molar-refractivity contribution in [3.63, 3.8) is 0 Å². The molecule has 3 aromatic rings. The van der Waals surface area contributed by atoms with Crippen LogP contribution in [0.15, 0.2) is 48.7 Å². The molecule has 0 saturated carbocycles. The van der Waals surface area contributed by atoms with Crippen molar-refractivity contribution in [3.05, 3.63) is 60.0 Å². The number of rotatable bonds is 4. The summed E-state index contributed by atoms with van der Waals surface area (Å²) < 4.78 is 1.64. The molecule has 0 fully saturated rings. The minimum Gasteiger partial charge on any atom is -0.361 e. The van der Waals surface area contributed by atoms with Gasteiger partial charge in [-0.1, -0.05) is 23.4 Å². The highest BCUT2D eigenvalue weighted by molar-refractivity contribution is 6.05. The first-order valence-corrected chi connectivity index (χ1v) is 7.49. The third-order valence-electron chi connectivity index (χ3n) is 3.57. The van der Waals surface area contributed by atoms with Crippen LogP contribution < -0.4 is 10.2 Å². The van der Waals surface area contributed by atoms with E-state index in [0.29, 0.717) is 17.2 Å². The standard InChI is InChI=1S/C17H18N6O/c1-12-15(20-21-23(12)13-8-5-4-6-9-13)17(24)19-14-10-7-11-18-16(14)22(2)3/h4-11H,1-3H3,(H,19,24). The van der Waals surface area contributed by atoms with E-state index in [-0.39, 0.29) is 11.6 Å². The number of hydrogen-bond donors (Lipinski definition) is 1. The third-order valence-corrected chi connectivity index (χ3v) is 3.57. The lowest BCUT2D eigenvalue weighted by atomic mass is 10.2. The highest BCUT2D eigenvalue weighted by Gasteiger charge is 2.19. The Hall–Kier alpha value is -3.22.